The van der Waals surface area contributed by atoms with E-state index in [0.29, 0.717) is 0 Å². The summed E-state index contributed by atoms with van der Waals surface area (Å²) in [5.41, 5.74) is 1.85. The molecule has 0 saturated heterocycles. The van der Waals surface area contributed by atoms with Gasteiger partial charge in [0.15, 0.2) is 11.0 Å². The fourth-order valence-corrected chi connectivity index (χ4v) is 3.78. The van der Waals surface area contributed by atoms with Gasteiger partial charge in [0.05, 0.1) is 0 Å². The highest BCUT2D eigenvalue weighted by Gasteiger charge is 2.15. The first-order valence-corrected chi connectivity index (χ1v) is 9.56. The molecule has 0 saturated carbocycles. The second-order valence-corrected chi connectivity index (χ2v) is 6.87. The molecule has 0 spiro atoms. The average Bonchev–Trinajstić information content (AvgIpc) is 3.00. The first kappa shape index (κ1) is 16.1. The summed E-state index contributed by atoms with van der Waals surface area (Å²) in [6.45, 7) is 0. The molecule has 0 aliphatic rings. The summed E-state index contributed by atoms with van der Waals surface area (Å²) in [5.74, 6) is 2.51. The molecule has 1 aromatic heterocycles. The molecular formula is C17H16FN3S2. The summed E-state index contributed by atoms with van der Waals surface area (Å²) in [7, 11) is 0. The minimum absolute atomic E-state index is 0.250. The molecule has 0 unspecified atom stereocenters. The van der Waals surface area contributed by atoms with Gasteiger partial charge in [-0.05, 0) is 30.5 Å². The van der Waals surface area contributed by atoms with Crippen molar-refractivity contribution < 1.29 is 4.39 Å². The van der Waals surface area contributed by atoms with E-state index in [0.717, 1.165) is 33.7 Å². The van der Waals surface area contributed by atoms with Gasteiger partial charge in [0.25, 0.3) is 0 Å². The lowest BCUT2D eigenvalue weighted by Gasteiger charge is -2.10. The minimum Gasteiger partial charge on any atom is -0.270 e. The van der Waals surface area contributed by atoms with Gasteiger partial charge >= 0.3 is 0 Å². The third-order valence-corrected chi connectivity index (χ3v) is 5.07. The first-order valence-electron chi connectivity index (χ1n) is 7.18. The van der Waals surface area contributed by atoms with E-state index < -0.39 is 0 Å². The van der Waals surface area contributed by atoms with Crippen LogP contribution in [0, 0.1) is 5.82 Å². The third kappa shape index (κ3) is 3.76. The Morgan fingerprint density at radius 2 is 1.70 bits per heavy atom. The van der Waals surface area contributed by atoms with Crippen LogP contribution in [0.15, 0.2) is 59.8 Å². The second-order valence-electron chi connectivity index (χ2n) is 4.83. The van der Waals surface area contributed by atoms with Crippen LogP contribution in [0.2, 0.25) is 0 Å². The molecule has 0 bridgehead atoms. The van der Waals surface area contributed by atoms with Crippen LogP contribution in [0.3, 0.4) is 0 Å². The highest BCUT2D eigenvalue weighted by molar-refractivity contribution is 8.02. The Hall–Kier alpha value is -1.79. The fourth-order valence-electron chi connectivity index (χ4n) is 2.18. The first-order chi connectivity index (χ1) is 11.3. The Morgan fingerprint density at radius 1 is 0.957 bits per heavy atom. The zero-order chi connectivity index (χ0) is 16.1. The second kappa shape index (κ2) is 7.66. The van der Waals surface area contributed by atoms with Crippen molar-refractivity contribution >= 4 is 23.5 Å². The standard InChI is InChI=1S/C17H16FN3S2/c1-22-11-12-23-17-20-19-16(13-5-3-2-4-6-13)21(17)15-9-7-14(18)8-10-15/h2-10H,11-12H2,1H3. The zero-order valence-electron chi connectivity index (χ0n) is 12.6. The molecule has 1 heterocycles. The van der Waals surface area contributed by atoms with Gasteiger partial charge < -0.3 is 0 Å². The molecule has 3 rings (SSSR count). The Bertz CT molecular complexity index is 757. The van der Waals surface area contributed by atoms with Crippen molar-refractivity contribution in [2.45, 2.75) is 5.16 Å². The molecule has 0 N–H and O–H groups in total. The summed E-state index contributed by atoms with van der Waals surface area (Å²) < 4.78 is 15.2. The summed E-state index contributed by atoms with van der Waals surface area (Å²) in [6, 6.07) is 16.3. The van der Waals surface area contributed by atoms with Gasteiger partial charge in [-0.2, -0.15) is 11.8 Å². The topological polar surface area (TPSA) is 30.7 Å². The number of rotatable bonds is 6. The lowest BCUT2D eigenvalue weighted by Crippen LogP contribution is -2.00. The number of hydrogen-bond acceptors (Lipinski definition) is 4. The average molecular weight is 345 g/mol. The summed E-state index contributed by atoms with van der Waals surface area (Å²) in [5, 5.41) is 9.52. The maximum atomic E-state index is 13.3. The lowest BCUT2D eigenvalue weighted by molar-refractivity contribution is 0.627. The van der Waals surface area contributed by atoms with Gasteiger partial charge in [-0.3, -0.25) is 4.57 Å². The van der Waals surface area contributed by atoms with Gasteiger partial charge in [0.1, 0.15) is 5.82 Å². The van der Waals surface area contributed by atoms with Crippen molar-refractivity contribution in [3.05, 3.63) is 60.4 Å². The van der Waals surface area contributed by atoms with Crippen LogP contribution in [-0.4, -0.2) is 32.5 Å². The number of hydrogen-bond donors (Lipinski definition) is 0. The van der Waals surface area contributed by atoms with E-state index in [1.54, 1.807) is 35.7 Å². The van der Waals surface area contributed by atoms with Crippen LogP contribution in [0.1, 0.15) is 0 Å². The Balaban J connectivity index is 2.04. The maximum Gasteiger partial charge on any atom is 0.196 e. The highest BCUT2D eigenvalue weighted by atomic mass is 32.2. The van der Waals surface area contributed by atoms with Crippen molar-refractivity contribution in [1.82, 2.24) is 14.8 Å². The van der Waals surface area contributed by atoms with Gasteiger partial charge in [-0.15, -0.1) is 10.2 Å². The quantitative estimate of drug-likeness (QED) is 0.485. The number of aromatic nitrogens is 3. The predicted octanol–water partition coefficient (Wildman–Crippen LogP) is 4.53. The largest absolute Gasteiger partial charge is 0.270 e. The molecule has 0 atom stereocenters. The van der Waals surface area contributed by atoms with Crippen molar-refractivity contribution in [1.29, 1.82) is 0 Å². The van der Waals surface area contributed by atoms with E-state index >= 15 is 0 Å². The normalized spacial score (nSPS) is 10.9. The van der Waals surface area contributed by atoms with E-state index in [1.165, 1.54) is 12.1 Å². The molecule has 0 amide bonds. The van der Waals surface area contributed by atoms with Crippen LogP contribution in [0.5, 0.6) is 0 Å². The maximum absolute atomic E-state index is 13.3. The van der Waals surface area contributed by atoms with Gasteiger partial charge in [-0.1, -0.05) is 42.1 Å². The lowest BCUT2D eigenvalue weighted by atomic mass is 10.2. The SMILES string of the molecule is CSCCSc1nnc(-c2ccccc2)n1-c1ccc(F)cc1. The van der Waals surface area contributed by atoms with E-state index in [1.807, 2.05) is 34.9 Å². The van der Waals surface area contributed by atoms with E-state index in [4.69, 9.17) is 0 Å². The fraction of sp³-hybridized carbons (Fsp3) is 0.176. The van der Waals surface area contributed by atoms with Crippen molar-refractivity contribution in [2.24, 2.45) is 0 Å². The van der Waals surface area contributed by atoms with Gasteiger partial charge in [-0.25, -0.2) is 4.39 Å². The molecule has 2 aromatic carbocycles. The van der Waals surface area contributed by atoms with Crippen LogP contribution >= 0.6 is 23.5 Å². The molecule has 23 heavy (non-hydrogen) atoms. The molecular weight excluding hydrogens is 329 g/mol. The number of thioether (sulfide) groups is 2. The predicted molar refractivity (Wildman–Crippen MR) is 95.9 cm³/mol. The van der Waals surface area contributed by atoms with Crippen LogP contribution in [0.25, 0.3) is 17.1 Å². The van der Waals surface area contributed by atoms with Crippen molar-refractivity contribution in [2.75, 3.05) is 17.8 Å². The number of nitrogens with zero attached hydrogens (tertiary/aromatic N) is 3. The molecule has 0 aliphatic heterocycles. The number of halogens is 1. The molecule has 0 aliphatic carbocycles. The van der Waals surface area contributed by atoms with Gasteiger partial charge in [0, 0.05) is 22.8 Å². The van der Waals surface area contributed by atoms with E-state index in [9.17, 15) is 4.39 Å². The Labute approximate surface area is 143 Å². The number of benzene rings is 2. The zero-order valence-corrected chi connectivity index (χ0v) is 14.3. The van der Waals surface area contributed by atoms with E-state index in [-0.39, 0.29) is 5.82 Å². The summed E-state index contributed by atoms with van der Waals surface area (Å²) in [6.07, 6.45) is 2.08. The van der Waals surface area contributed by atoms with Crippen molar-refractivity contribution in [3.63, 3.8) is 0 Å². The van der Waals surface area contributed by atoms with Crippen LogP contribution in [0.4, 0.5) is 4.39 Å². The van der Waals surface area contributed by atoms with Crippen LogP contribution < -0.4 is 0 Å². The smallest absolute Gasteiger partial charge is 0.196 e. The molecule has 0 radical (unpaired) electrons. The molecule has 6 heteroatoms. The minimum atomic E-state index is -0.250. The third-order valence-electron chi connectivity index (χ3n) is 3.27. The monoisotopic (exact) mass is 345 g/mol. The summed E-state index contributed by atoms with van der Waals surface area (Å²) >= 11 is 3.46. The molecule has 3 aromatic rings. The molecule has 0 fully saturated rings. The Kier molecular flexibility index (Phi) is 5.35. The highest BCUT2D eigenvalue weighted by Crippen LogP contribution is 2.28. The molecule has 118 valence electrons. The van der Waals surface area contributed by atoms with E-state index in [2.05, 4.69) is 16.5 Å². The molecule has 3 nitrogen and oxygen atoms in total. The van der Waals surface area contributed by atoms with Crippen LogP contribution in [-0.2, 0) is 0 Å². The Morgan fingerprint density at radius 3 is 2.39 bits per heavy atom. The van der Waals surface area contributed by atoms with Gasteiger partial charge in [0.2, 0.25) is 0 Å². The van der Waals surface area contributed by atoms with Crippen molar-refractivity contribution in [3.8, 4) is 17.1 Å². The summed E-state index contributed by atoms with van der Waals surface area (Å²) in [4.78, 5) is 0.